The lowest BCUT2D eigenvalue weighted by Gasteiger charge is -2.37. The van der Waals surface area contributed by atoms with Gasteiger partial charge in [-0.25, -0.2) is 0 Å². The fraction of sp³-hybridized carbons (Fsp3) is 0.350. The van der Waals surface area contributed by atoms with E-state index in [1.807, 2.05) is 6.07 Å². The van der Waals surface area contributed by atoms with E-state index in [2.05, 4.69) is 66.1 Å². The summed E-state index contributed by atoms with van der Waals surface area (Å²) in [6.45, 7) is 7.42. The molecule has 0 unspecified atom stereocenters. The van der Waals surface area contributed by atoms with Crippen LogP contribution in [0, 0.1) is 13.8 Å². The molecule has 0 atom stereocenters. The molecule has 1 aliphatic heterocycles. The van der Waals surface area contributed by atoms with Crippen LogP contribution in [0.3, 0.4) is 0 Å². The minimum Gasteiger partial charge on any atom is -0.383 e. The Bertz CT molecular complexity index is 712. The topological polar surface area (TPSA) is 28.1 Å². The SMILES string of the molecule is COCCN1CN=C(c2ccccc2)N(c2ccc(C)cc2C)C1. The number of nitrogens with zero attached hydrogens (tertiary/aromatic N) is 3. The molecule has 0 aromatic heterocycles. The van der Waals surface area contributed by atoms with Gasteiger partial charge in [-0.15, -0.1) is 0 Å². The van der Waals surface area contributed by atoms with E-state index in [1.165, 1.54) is 16.8 Å². The van der Waals surface area contributed by atoms with Gasteiger partial charge >= 0.3 is 0 Å². The molecule has 24 heavy (non-hydrogen) atoms. The summed E-state index contributed by atoms with van der Waals surface area (Å²) in [7, 11) is 1.74. The zero-order valence-corrected chi connectivity index (χ0v) is 14.7. The van der Waals surface area contributed by atoms with E-state index in [4.69, 9.17) is 9.73 Å². The maximum absolute atomic E-state index is 5.23. The van der Waals surface area contributed by atoms with E-state index in [9.17, 15) is 0 Å². The minimum absolute atomic E-state index is 0.703. The second-order valence-electron chi connectivity index (χ2n) is 6.24. The molecular formula is C20H25N3O. The lowest BCUT2D eigenvalue weighted by Crippen LogP contribution is -2.48. The average Bonchev–Trinajstić information content (AvgIpc) is 2.60. The van der Waals surface area contributed by atoms with Crippen LogP contribution >= 0.6 is 0 Å². The monoisotopic (exact) mass is 323 g/mol. The van der Waals surface area contributed by atoms with Crippen LogP contribution in [-0.2, 0) is 4.74 Å². The van der Waals surface area contributed by atoms with E-state index in [-0.39, 0.29) is 0 Å². The molecule has 0 aliphatic carbocycles. The van der Waals surface area contributed by atoms with Crippen LogP contribution in [0.1, 0.15) is 16.7 Å². The van der Waals surface area contributed by atoms with Gasteiger partial charge in [0.2, 0.25) is 0 Å². The first kappa shape index (κ1) is 16.7. The normalized spacial score (nSPS) is 15.5. The number of amidine groups is 1. The van der Waals surface area contributed by atoms with Crippen molar-refractivity contribution in [2.24, 2.45) is 4.99 Å². The van der Waals surface area contributed by atoms with Gasteiger partial charge in [0.1, 0.15) is 5.84 Å². The third-order valence-electron chi connectivity index (χ3n) is 4.30. The summed E-state index contributed by atoms with van der Waals surface area (Å²) in [5.74, 6) is 1.04. The summed E-state index contributed by atoms with van der Waals surface area (Å²) in [6.07, 6.45) is 0. The van der Waals surface area contributed by atoms with Crippen molar-refractivity contribution in [1.82, 2.24) is 4.90 Å². The van der Waals surface area contributed by atoms with E-state index >= 15 is 0 Å². The molecule has 0 bridgehead atoms. The van der Waals surface area contributed by atoms with Crippen LogP contribution in [0.5, 0.6) is 0 Å². The average molecular weight is 323 g/mol. The highest BCUT2D eigenvalue weighted by Gasteiger charge is 2.24. The van der Waals surface area contributed by atoms with Gasteiger partial charge in [-0.3, -0.25) is 9.89 Å². The maximum atomic E-state index is 5.23. The van der Waals surface area contributed by atoms with Gasteiger partial charge in [0.05, 0.1) is 19.9 Å². The second-order valence-corrected chi connectivity index (χ2v) is 6.24. The van der Waals surface area contributed by atoms with Crippen molar-refractivity contribution < 1.29 is 4.74 Å². The minimum atomic E-state index is 0.703. The molecule has 3 rings (SSSR count). The number of aliphatic imine (C=N–C) groups is 1. The molecule has 0 spiro atoms. The molecule has 0 fully saturated rings. The first-order chi connectivity index (χ1) is 11.7. The highest BCUT2D eigenvalue weighted by atomic mass is 16.5. The fourth-order valence-electron chi connectivity index (χ4n) is 3.06. The van der Waals surface area contributed by atoms with Crippen molar-refractivity contribution >= 4 is 11.5 Å². The first-order valence-electron chi connectivity index (χ1n) is 8.35. The van der Waals surface area contributed by atoms with Crippen LogP contribution in [0.25, 0.3) is 0 Å². The molecule has 0 N–H and O–H groups in total. The van der Waals surface area contributed by atoms with Gasteiger partial charge < -0.3 is 9.64 Å². The quantitative estimate of drug-likeness (QED) is 0.844. The number of hydrogen-bond donors (Lipinski definition) is 0. The van der Waals surface area contributed by atoms with Crippen LogP contribution < -0.4 is 4.90 Å². The number of methoxy groups -OCH3 is 1. The van der Waals surface area contributed by atoms with Crippen molar-refractivity contribution in [1.29, 1.82) is 0 Å². The molecule has 2 aromatic carbocycles. The Hall–Kier alpha value is -2.17. The Balaban J connectivity index is 1.96. The zero-order valence-electron chi connectivity index (χ0n) is 14.7. The van der Waals surface area contributed by atoms with Crippen LogP contribution in [0.15, 0.2) is 53.5 Å². The molecule has 0 saturated heterocycles. The Morgan fingerprint density at radius 2 is 1.88 bits per heavy atom. The van der Waals surface area contributed by atoms with Gasteiger partial charge in [-0.2, -0.15) is 0 Å². The molecule has 0 radical (unpaired) electrons. The zero-order chi connectivity index (χ0) is 16.9. The molecule has 1 aliphatic rings. The third-order valence-corrected chi connectivity index (χ3v) is 4.30. The Morgan fingerprint density at radius 3 is 2.58 bits per heavy atom. The first-order valence-corrected chi connectivity index (χ1v) is 8.35. The number of rotatable bonds is 5. The number of anilines is 1. The van der Waals surface area contributed by atoms with Crippen molar-refractivity contribution in [3.05, 3.63) is 65.2 Å². The van der Waals surface area contributed by atoms with Crippen molar-refractivity contribution in [3.8, 4) is 0 Å². The van der Waals surface area contributed by atoms with Gasteiger partial charge in [-0.1, -0.05) is 48.0 Å². The number of aryl methyl sites for hydroxylation is 2. The molecule has 4 heteroatoms. The Morgan fingerprint density at radius 1 is 1.08 bits per heavy atom. The van der Waals surface area contributed by atoms with Gasteiger partial charge in [0.15, 0.2) is 0 Å². The summed E-state index contributed by atoms with van der Waals surface area (Å²) in [5.41, 5.74) is 4.92. The summed E-state index contributed by atoms with van der Waals surface area (Å²) in [4.78, 5) is 9.48. The largest absolute Gasteiger partial charge is 0.383 e. The molecule has 0 saturated carbocycles. The number of ether oxygens (including phenoxy) is 1. The standard InChI is InChI=1S/C20H25N3O/c1-16-9-10-19(17(2)13-16)23-15-22(11-12-24-3)14-21-20(23)18-7-5-4-6-8-18/h4-10,13H,11-12,14-15H2,1-3H3. The van der Waals surface area contributed by atoms with Crippen molar-refractivity contribution in [3.63, 3.8) is 0 Å². The summed E-state index contributed by atoms with van der Waals surface area (Å²) >= 11 is 0. The van der Waals surface area contributed by atoms with Crippen LogP contribution in [0.2, 0.25) is 0 Å². The smallest absolute Gasteiger partial charge is 0.137 e. The van der Waals surface area contributed by atoms with Gasteiger partial charge in [0.25, 0.3) is 0 Å². The summed E-state index contributed by atoms with van der Waals surface area (Å²) in [5, 5.41) is 0. The molecule has 2 aromatic rings. The van der Waals surface area contributed by atoms with Crippen molar-refractivity contribution in [2.45, 2.75) is 13.8 Å². The lowest BCUT2D eigenvalue weighted by atomic mass is 10.1. The Kier molecular flexibility index (Phi) is 5.28. The van der Waals surface area contributed by atoms with Crippen molar-refractivity contribution in [2.75, 3.05) is 38.5 Å². The lowest BCUT2D eigenvalue weighted by molar-refractivity contribution is 0.149. The fourth-order valence-corrected chi connectivity index (χ4v) is 3.06. The highest BCUT2D eigenvalue weighted by molar-refractivity contribution is 6.10. The van der Waals surface area contributed by atoms with Crippen LogP contribution in [0.4, 0.5) is 5.69 Å². The van der Waals surface area contributed by atoms with E-state index in [0.717, 1.165) is 31.2 Å². The number of benzene rings is 2. The van der Waals surface area contributed by atoms with E-state index < -0.39 is 0 Å². The molecule has 1 heterocycles. The summed E-state index contributed by atoms with van der Waals surface area (Å²) in [6, 6.07) is 17.0. The van der Waals surface area contributed by atoms with E-state index in [1.54, 1.807) is 7.11 Å². The van der Waals surface area contributed by atoms with E-state index in [0.29, 0.717) is 6.67 Å². The Labute approximate surface area is 144 Å². The summed E-state index contributed by atoms with van der Waals surface area (Å²) < 4.78 is 5.23. The molecule has 0 amide bonds. The maximum Gasteiger partial charge on any atom is 0.137 e. The highest BCUT2D eigenvalue weighted by Crippen LogP contribution is 2.25. The van der Waals surface area contributed by atoms with Crippen LogP contribution in [-0.4, -0.2) is 44.3 Å². The third kappa shape index (κ3) is 3.66. The molecular weight excluding hydrogens is 298 g/mol. The number of hydrogen-bond acceptors (Lipinski definition) is 4. The van der Waals surface area contributed by atoms with Gasteiger partial charge in [-0.05, 0) is 25.5 Å². The second kappa shape index (κ2) is 7.60. The molecule has 126 valence electrons. The predicted octanol–water partition coefficient (Wildman–Crippen LogP) is 3.43. The predicted molar refractivity (Wildman–Crippen MR) is 99.7 cm³/mol. The van der Waals surface area contributed by atoms with Gasteiger partial charge in [0, 0.05) is 24.9 Å². The molecule has 4 nitrogen and oxygen atoms in total.